The Bertz CT molecular complexity index is 183. The second kappa shape index (κ2) is 3.45. The lowest BCUT2D eigenvalue weighted by atomic mass is 10.6. The summed E-state index contributed by atoms with van der Waals surface area (Å²) >= 11 is 0. The number of hydrazone groups is 1. The molecule has 0 aliphatic carbocycles. The molecule has 9 heavy (non-hydrogen) atoms. The zero-order chi connectivity index (χ0) is 7.33. The first kappa shape index (κ1) is 8.42. The van der Waals surface area contributed by atoms with Gasteiger partial charge in [-0.15, -0.1) is 0 Å². The average Bonchev–Trinajstić information content (AvgIpc) is 1.63. The highest BCUT2D eigenvalue weighted by molar-refractivity contribution is 7.88. The van der Waals surface area contributed by atoms with E-state index < -0.39 is 10.0 Å². The van der Waals surface area contributed by atoms with E-state index in [1.54, 1.807) is 0 Å². The molecule has 0 spiro atoms. The van der Waals surface area contributed by atoms with Gasteiger partial charge in [0.25, 0.3) is 0 Å². The fourth-order valence-corrected chi connectivity index (χ4v) is 0.490. The van der Waals surface area contributed by atoms with Crippen molar-refractivity contribution in [1.82, 2.24) is 4.83 Å². The SMILES string of the molecule is CC/C=N\NS(C)(=O)=O. The van der Waals surface area contributed by atoms with Gasteiger partial charge in [-0.05, 0) is 6.42 Å². The molecule has 0 heterocycles. The Balaban J connectivity index is 3.65. The van der Waals surface area contributed by atoms with Crippen molar-refractivity contribution in [2.75, 3.05) is 6.26 Å². The minimum atomic E-state index is -3.14. The summed E-state index contributed by atoms with van der Waals surface area (Å²) in [6.07, 6.45) is 3.27. The van der Waals surface area contributed by atoms with E-state index in [2.05, 4.69) is 5.10 Å². The van der Waals surface area contributed by atoms with Crippen molar-refractivity contribution in [1.29, 1.82) is 0 Å². The summed E-state index contributed by atoms with van der Waals surface area (Å²) in [4.78, 5) is 1.96. The molecule has 4 nitrogen and oxygen atoms in total. The molecular weight excluding hydrogens is 140 g/mol. The van der Waals surface area contributed by atoms with Gasteiger partial charge in [0.05, 0.1) is 6.26 Å². The molecule has 5 heteroatoms. The van der Waals surface area contributed by atoms with E-state index in [-0.39, 0.29) is 0 Å². The normalized spacial score (nSPS) is 12.2. The maximum absolute atomic E-state index is 10.3. The van der Waals surface area contributed by atoms with Crippen LogP contribution in [-0.2, 0) is 10.0 Å². The minimum Gasteiger partial charge on any atom is -0.206 e. The van der Waals surface area contributed by atoms with Crippen molar-refractivity contribution in [3.63, 3.8) is 0 Å². The van der Waals surface area contributed by atoms with Gasteiger partial charge in [0.15, 0.2) is 0 Å². The quantitative estimate of drug-likeness (QED) is 0.452. The molecule has 0 fully saturated rings. The highest BCUT2D eigenvalue weighted by atomic mass is 32.2. The zero-order valence-corrected chi connectivity index (χ0v) is 6.27. The molecule has 0 rings (SSSR count). The predicted molar refractivity (Wildman–Crippen MR) is 36.8 cm³/mol. The van der Waals surface area contributed by atoms with Gasteiger partial charge in [-0.25, -0.2) is 13.2 Å². The summed E-state index contributed by atoms with van der Waals surface area (Å²) in [5, 5.41) is 3.40. The number of rotatable bonds is 3. The Morgan fingerprint density at radius 3 is 2.56 bits per heavy atom. The molecule has 0 saturated carbocycles. The third kappa shape index (κ3) is 7.42. The van der Waals surface area contributed by atoms with Crippen molar-refractivity contribution >= 4 is 16.2 Å². The first-order valence-corrected chi connectivity index (χ1v) is 4.43. The van der Waals surface area contributed by atoms with Gasteiger partial charge in [-0.1, -0.05) is 6.92 Å². The Hall–Kier alpha value is -0.580. The van der Waals surface area contributed by atoms with E-state index in [1.165, 1.54) is 6.21 Å². The molecule has 1 N–H and O–H groups in total. The van der Waals surface area contributed by atoms with E-state index in [9.17, 15) is 8.42 Å². The first-order chi connectivity index (χ1) is 4.06. The number of sulfonamides is 1. The molecule has 0 aromatic rings. The molecule has 0 aromatic heterocycles. The average molecular weight is 150 g/mol. The Morgan fingerprint density at radius 2 is 2.22 bits per heavy atom. The molecule has 54 valence electrons. The second-order valence-electron chi connectivity index (χ2n) is 1.58. The number of hydrogen-bond acceptors (Lipinski definition) is 3. The van der Waals surface area contributed by atoms with Crippen molar-refractivity contribution in [2.45, 2.75) is 13.3 Å². The van der Waals surface area contributed by atoms with Crippen LogP contribution in [0.1, 0.15) is 13.3 Å². The summed E-state index contributed by atoms with van der Waals surface area (Å²) in [6, 6.07) is 0. The van der Waals surface area contributed by atoms with Crippen LogP contribution in [0, 0.1) is 0 Å². The van der Waals surface area contributed by atoms with Crippen LogP contribution in [0.5, 0.6) is 0 Å². The van der Waals surface area contributed by atoms with Crippen LogP contribution in [0.3, 0.4) is 0 Å². The highest BCUT2D eigenvalue weighted by Gasteiger charge is 1.92. The topological polar surface area (TPSA) is 58.5 Å². The van der Waals surface area contributed by atoms with E-state index in [0.29, 0.717) is 0 Å². The third-order valence-electron chi connectivity index (χ3n) is 0.492. The lowest BCUT2D eigenvalue weighted by Crippen LogP contribution is -2.15. The zero-order valence-electron chi connectivity index (χ0n) is 5.46. The van der Waals surface area contributed by atoms with Gasteiger partial charge in [0, 0.05) is 6.21 Å². The van der Waals surface area contributed by atoms with Gasteiger partial charge in [-0.3, -0.25) is 0 Å². The number of nitrogens with one attached hydrogen (secondary N) is 1. The summed E-state index contributed by atoms with van der Waals surface area (Å²) in [5.41, 5.74) is 0. The molecule has 0 amide bonds. The smallest absolute Gasteiger partial charge is 0.206 e. The largest absolute Gasteiger partial charge is 0.244 e. The Labute approximate surface area is 55.0 Å². The molecule has 0 atom stereocenters. The van der Waals surface area contributed by atoms with Crippen molar-refractivity contribution < 1.29 is 8.42 Å². The lowest BCUT2D eigenvalue weighted by molar-refractivity contribution is 0.591. The molecule has 0 aromatic carbocycles. The van der Waals surface area contributed by atoms with E-state index in [1.807, 2.05) is 11.8 Å². The summed E-state index contributed by atoms with van der Waals surface area (Å²) in [6.45, 7) is 1.87. The number of hydrogen-bond donors (Lipinski definition) is 1. The molecule has 0 aliphatic heterocycles. The van der Waals surface area contributed by atoms with E-state index >= 15 is 0 Å². The van der Waals surface area contributed by atoms with Crippen LogP contribution in [-0.4, -0.2) is 20.9 Å². The highest BCUT2D eigenvalue weighted by Crippen LogP contribution is 1.72. The van der Waals surface area contributed by atoms with Gasteiger partial charge < -0.3 is 0 Å². The summed E-state index contributed by atoms with van der Waals surface area (Å²) in [7, 11) is -3.14. The number of nitrogens with zero attached hydrogens (tertiary/aromatic N) is 1. The van der Waals surface area contributed by atoms with Crippen LogP contribution in [0.2, 0.25) is 0 Å². The lowest BCUT2D eigenvalue weighted by Gasteiger charge is -1.91. The van der Waals surface area contributed by atoms with Crippen LogP contribution in [0.25, 0.3) is 0 Å². The monoisotopic (exact) mass is 150 g/mol. The van der Waals surface area contributed by atoms with Crippen molar-refractivity contribution in [3.8, 4) is 0 Å². The Kier molecular flexibility index (Phi) is 3.22. The summed E-state index contributed by atoms with van der Waals surface area (Å²) < 4.78 is 20.6. The van der Waals surface area contributed by atoms with Gasteiger partial charge in [0.2, 0.25) is 10.0 Å². The molecule has 0 bridgehead atoms. The van der Waals surface area contributed by atoms with Gasteiger partial charge in [0.1, 0.15) is 0 Å². The van der Waals surface area contributed by atoms with Crippen molar-refractivity contribution in [2.24, 2.45) is 5.10 Å². The maximum atomic E-state index is 10.3. The van der Waals surface area contributed by atoms with Crippen molar-refractivity contribution in [3.05, 3.63) is 0 Å². The van der Waals surface area contributed by atoms with Crippen LogP contribution in [0.4, 0.5) is 0 Å². The Morgan fingerprint density at radius 1 is 1.67 bits per heavy atom. The van der Waals surface area contributed by atoms with Crippen LogP contribution >= 0.6 is 0 Å². The third-order valence-corrected chi connectivity index (χ3v) is 0.929. The van der Waals surface area contributed by atoms with Crippen LogP contribution < -0.4 is 4.83 Å². The molecule has 0 saturated heterocycles. The predicted octanol–water partition coefficient (Wildman–Crippen LogP) is -0.0686. The molecule has 0 unspecified atom stereocenters. The first-order valence-electron chi connectivity index (χ1n) is 2.54. The second-order valence-corrected chi connectivity index (χ2v) is 3.31. The standard InChI is InChI=1S/C4H10N2O2S/c1-3-4-5-6-9(2,7)8/h4,6H,3H2,1-2H3/b5-4-. The fourth-order valence-electron chi connectivity index (χ4n) is 0.224. The van der Waals surface area contributed by atoms with Gasteiger partial charge >= 0.3 is 0 Å². The van der Waals surface area contributed by atoms with Crippen LogP contribution in [0.15, 0.2) is 5.10 Å². The van der Waals surface area contributed by atoms with E-state index in [4.69, 9.17) is 0 Å². The molecular formula is C4H10N2O2S. The molecule has 0 aliphatic rings. The van der Waals surface area contributed by atoms with Gasteiger partial charge in [-0.2, -0.15) is 5.10 Å². The maximum Gasteiger partial charge on any atom is 0.244 e. The fraction of sp³-hybridized carbons (Fsp3) is 0.750. The summed E-state index contributed by atoms with van der Waals surface area (Å²) in [5.74, 6) is 0. The van der Waals surface area contributed by atoms with E-state index in [0.717, 1.165) is 12.7 Å². The minimum absolute atomic E-state index is 0.725. The molecule has 0 radical (unpaired) electrons.